The molecule has 0 aliphatic heterocycles. The van der Waals surface area contributed by atoms with Crippen LogP contribution in [0.1, 0.15) is 56.1 Å². The van der Waals surface area contributed by atoms with Gasteiger partial charge in [-0.15, -0.1) is 0 Å². The van der Waals surface area contributed by atoms with Crippen LogP contribution in [0, 0.1) is 5.92 Å². The molecule has 2 rings (SSSR count). The van der Waals surface area contributed by atoms with E-state index in [1.807, 2.05) is 6.07 Å². The molecule has 1 saturated carbocycles. The molecular weight excluding hydrogens is 252 g/mol. The average Bonchev–Trinajstić information content (AvgIpc) is 2.48. The normalized spacial score (nSPS) is 17.7. The van der Waals surface area contributed by atoms with Crippen LogP contribution >= 0.6 is 0 Å². The van der Waals surface area contributed by atoms with Gasteiger partial charge in [0.2, 0.25) is 0 Å². The molecule has 0 heterocycles. The number of benzene rings is 1. The standard InChI is InChI=1S/C17H24O3/c1-12(17(18)19)10-15-11-14(8-9-16(15)20-2)13-6-4-3-5-7-13/h8-9,11-13H,3-7,10H2,1-2H3,(H,18,19). The van der Waals surface area contributed by atoms with Gasteiger partial charge in [0.25, 0.3) is 0 Å². The molecule has 0 aromatic heterocycles. The van der Waals surface area contributed by atoms with Crippen LogP contribution in [0.25, 0.3) is 0 Å². The average molecular weight is 276 g/mol. The first kappa shape index (κ1) is 14.9. The molecule has 1 unspecified atom stereocenters. The Bertz CT molecular complexity index is 461. The Hall–Kier alpha value is -1.51. The number of hydrogen-bond donors (Lipinski definition) is 1. The van der Waals surface area contributed by atoms with Crippen LogP contribution in [0.4, 0.5) is 0 Å². The van der Waals surface area contributed by atoms with Crippen LogP contribution in [0.5, 0.6) is 5.75 Å². The molecule has 1 aromatic rings. The zero-order valence-electron chi connectivity index (χ0n) is 12.4. The molecule has 1 aromatic carbocycles. The lowest BCUT2D eigenvalue weighted by molar-refractivity contribution is -0.141. The van der Waals surface area contributed by atoms with E-state index in [0.717, 1.165) is 11.3 Å². The SMILES string of the molecule is COc1ccc(C2CCCCC2)cc1CC(C)C(=O)O. The van der Waals surface area contributed by atoms with Gasteiger partial charge in [0.15, 0.2) is 0 Å². The number of ether oxygens (including phenoxy) is 1. The maximum Gasteiger partial charge on any atom is 0.306 e. The molecule has 0 saturated heterocycles. The highest BCUT2D eigenvalue weighted by Crippen LogP contribution is 2.35. The zero-order valence-corrected chi connectivity index (χ0v) is 12.4. The molecule has 3 nitrogen and oxygen atoms in total. The van der Waals surface area contributed by atoms with Crippen molar-refractivity contribution in [2.24, 2.45) is 5.92 Å². The lowest BCUT2D eigenvalue weighted by atomic mass is 9.83. The maximum absolute atomic E-state index is 11.0. The first-order valence-electron chi connectivity index (χ1n) is 7.51. The van der Waals surface area contributed by atoms with Gasteiger partial charge in [-0.2, -0.15) is 0 Å². The molecule has 0 amide bonds. The molecule has 1 atom stereocenters. The summed E-state index contributed by atoms with van der Waals surface area (Å²) in [5, 5.41) is 9.08. The van der Waals surface area contributed by atoms with Gasteiger partial charge in [0.1, 0.15) is 5.75 Å². The monoisotopic (exact) mass is 276 g/mol. The van der Waals surface area contributed by atoms with E-state index in [9.17, 15) is 4.79 Å². The van der Waals surface area contributed by atoms with Crippen molar-refractivity contribution >= 4 is 5.97 Å². The lowest BCUT2D eigenvalue weighted by Gasteiger charge is -2.23. The van der Waals surface area contributed by atoms with Gasteiger partial charge >= 0.3 is 5.97 Å². The van der Waals surface area contributed by atoms with Crippen molar-refractivity contribution in [2.75, 3.05) is 7.11 Å². The fourth-order valence-electron chi connectivity index (χ4n) is 3.07. The second-order valence-electron chi connectivity index (χ2n) is 5.85. The highest BCUT2D eigenvalue weighted by Gasteiger charge is 2.19. The number of carbonyl (C=O) groups is 1. The predicted molar refractivity (Wildman–Crippen MR) is 79.3 cm³/mol. The highest BCUT2D eigenvalue weighted by atomic mass is 16.5. The summed E-state index contributed by atoms with van der Waals surface area (Å²) in [5.41, 5.74) is 2.36. The van der Waals surface area contributed by atoms with Crippen LogP contribution in [-0.4, -0.2) is 18.2 Å². The Morgan fingerprint density at radius 2 is 2.05 bits per heavy atom. The Balaban J connectivity index is 2.21. The van der Waals surface area contributed by atoms with Gasteiger partial charge in [0.05, 0.1) is 13.0 Å². The summed E-state index contributed by atoms with van der Waals surface area (Å²) in [6.07, 6.45) is 6.98. The van der Waals surface area contributed by atoms with Crippen LogP contribution in [-0.2, 0) is 11.2 Å². The highest BCUT2D eigenvalue weighted by molar-refractivity contribution is 5.70. The number of carboxylic acids is 1. The van der Waals surface area contributed by atoms with E-state index in [1.165, 1.54) is 37.7 Å². The van der Waals surface area contributed by atoms with E-state index in [1.54, 1.807) is 14.0 Å². The summed E-state index contributed by atoms with van der Waals surface area (Å²) in [4.78, 5) is 11.0. The van der Waals surface area contributed by atoms with Crippen LogP contribution in [0.3, 0.4) is 0 Å². The van der Waals surface area contributed by atoms with Crippen molar-refractivity contribution in [3.8, 4) is 5.75 Å². The Labute approximate surface area is 121 Å². The van der Waals surface area contributed by atoms with Gasteiger partial charge in [-0.25, -0.2) is 0 Å². The number of carboxylic acid groups (broad SMARTS) is 1. The van der Waals surface area contributed by atoms with Crippen LogP contribution < -0.4 is 4.74 Å². The number of aliphatic carboxylic acids is 1. The second-order valence-corrected chi connectivity index (χ2v) is 5.85. The molecule has 3 heteroatoms. The topological polar surface area (TPSA) is 46.5 Å². The van der Waals surface area contributed by atoms with E-state index in [-0.39, 0.29) is 5.92 Å². The molecular formula is C17H24O3. The van der Waals surface area contributed by atoms with Crippen molar-refractivity contribution in [2.45, 2.75) is 51.4 Å². The van der Waals surface area contributed by atoms with Gasteiger partial charge in [-0.1, -0.05) is 38.3 Å². The second kappa shape index (κ2) is 6.78. The minimum absolute atomic E-state index is 0.384. The van der Waals surface area contributed by atoms with Crippen molar-refractivity contribution in [1.29, 1.82) is 0 Å². The number of rotatable bonds is 5. The summed E-state index contributed by atoms with van der Waals surface area (Å²) in [6.45, 7) is 1.75. The third kappa shape index (κ3) is 3.53. The van der Waals surface area contributed by atoms with E-state index >= 15 is 0 Å². The minimum atomic E-state index is -0.755. The van der Waals surface area contributed by atoms with Crippen LogP contribution in [0.2, 0.25) is 0 Å². The smallest absolute Gasteiger partial charge is 0.306 e. The van der Waals surface area contributed by atoms with Crippen LogP contribution in [0.15, 0.2) is 18.2 Å². The third-order valence-corrected chi connectivity index (χ3v) is 4.33. The van der Waals surface area contributed by atoms with Gasteiger partial charge < -0.3 is 9.84 Å². The first-order chi connectivity index (χ1) is 9.61. The fraction of sp³-hybridized carbons (Fsp3) is 0.588. The van der Waals surface area contributed by atoms with E-state index < -0.39 is 5.97 Å². The van der Waals surface area contributed by atoms with Gasteiger partial charge in [-0.3, -0.25) is 4.79 Å². The summed E-state index contributed by atoms with van der Waals surface area (Å²) in [6, 6.07) is 6.30. The molecule has 1 N–H and O–H groups in total. The van der Waals surface area contributed by atoms with E-state index in [0.29, 0.717) is 12.3 Å². The summed E-state index contributed by atoms with van der Waals surface area (Å²) in [5.74, 6) is 0.298. The minimum Gasteiger partial charge on any atom is -0.496 e. The Morgan fingerprint density at radius 1 is 1.35 bits per heavy atom. The van der Waals surface area contributed by atoms with E-state index in [4.69, 9.17) is 9.84 Å². The number of methoxy groups -OCH3 is 1. The summed E-state index contributed by atoms with van der Waals surface area (Å²) < 4.78 is 5.38. The summed E-state index contributed by atoms with van der Waals surface area (Å²) >= 11 is 0. The van der Waals surface area contributed by atoms with Gasteiger partial charge in [-0.05, 0) is 42.4 Å². The van der Waals surface area contributed by atoms with Crippen molar-refractivity contribution in [3.63, 3.8) is 0 Å². The van der Waals surface area contributed by atoms with Crippen molar-refractivity contribution in [3.05, 3.63) is 29.3 Å². The Kier molecular flexibility index (Phi) is 5.05. The maximum atomic E-state index is 11.0. The molecule has 0 bridgehead atoms. The fourth-order valence-corrected chi connectivity index (χ4v) is 3.07. The molecule has 1 aliphatic carbocycles. The largest absolute Gasteiger partial charge is 0.496 e. The molecule has 110 valence electrons. The molecule has 1 aliphatic rings. The van der Waals surface area contributed by atoms with Crippen molar-refractivity contribution < 1.29 is 14.6 Å². The lowest BCUT2D eigenvalue weighted by Crippen LogP contribution is -2.13. The molecule has 0 radical (unpaired) electrons. The van der Waals surface area contributed by atoms with Gasteiger partial charge in [0, 0.05) is 0 Å². The zero-order chi connectivity index (χ0) is 14.5. The molecule has 0 spiro atoms. The first-order valence-corrected chi connectivity index (χ1v) is 7.51. The number of hydrogen-bond acceptors (Lipinski definition) is 2. The van der Waals surface area contributed by atoms with E-state index in [2.05, 4.69) is 12.1 Å². The van der Waals surface area contributed by atoms with Crippen molar-refractivity contribution in [1.82, 2.24) is 0 Å². The quantitative estimate of drug-likeness (QED) is 0.884. The predicted octanol–water partition coefficient (Wildman–Crippen LogP) is 4.01. The molecule has 1 fully saturated rings. The molecule has 20 heavy (non-hydrogen) atoms. The third-order valence-electron chi connectivity index (χ3n) is 4.33. The summed E-state index contributed by atoms with van der Waals surface area (Å²) in [7, 11) is 1.64. The Morgan fingerprint density at radius 3 is 2.65 bits per heavy atom.